The van der Waals surface area contributed by atoms with E-state index in [0.717, 1.165) is 0 Å². The van der Waals surface area contributed by atoms with Crippen molar-refractivity contribution in [3.05, 3.63) is 101 Å². The predicted molar refractivity (Wildman–Crippen MR) is 88.9 cm³/mol. The molecule has 0 atom stereocenters. The number of anilines is 1. The number of nitrogens with one attached hydrogen (secondary N) is 1. The largest absolute Gasteiger partial charge is 0.235 e. The number of nitro groups is 1. The van der Waals surface area contributed by atoms with Crippen LogP contribution in [0, 0.1) is 10.1 Å². The fourth-order valence-corrected chi connectivity index (χ4v) is 1.88. The van der Waals surface area contributed by atoms with E-state index in [4.69, 9.17) is 0 Å². The maximum absolute atomic E-state index is 9.86. The molecule has 0 aliphatic carbocycles. The van der Waals surface area contributed by atoms with E-state index < -0.39 is 5.03 Å². The summed E-state index contributed by atoms with van der Waals surface area (Å²) in [6, 6.07) is 29.3. The predicted octanol–water partition coefficient (Wildman–Crippen LogP) is 4.64. The minimum atomic E-state index is -0.588. The lowest BCUT2D eigenvalue weighted by atomic mass is 10.1. The summed E-state index contributed by atoms with van der Waals surface area (Å²) in [6.07, 6.45) is 0. The molecule has 0 amide bonds. The molecule has 0 saturated carbocycles. The molecule has 110 valence electrons. The quantitative estimate of drug-likeness (QED) is 0.565. The Kier molecular flexibility index (Phi) is 5.70. The number of rotatable bonds is 3. The molecule has 22 heavy (non-hydrogen) atoms. The number of hydrogen-bond acceptors (Lipinski definition) is 2. The van der Waals surface area contributed by atoms with E-state index in [0.29, 0.717) is 5.69 Å². The Morgan fingerprint density at radius 1 is 0.636 bits per heavy atom. The van der Waals surface area contributed by atoms with Gasteiger partial charge in [-0.1, -0.05) is 78.9 Å². The van der Waals surface area contributed by atoms with Gasteiger partial charge in [0.1, 0.15) is 5.69 Å². The fourth-order valence-electron chi connectivity index (χ4n) is 1.88. The minimum Gasteiger partial charge on any atom is -0.235 e. The molecule has 0 aromatic heterocycles. The summed E-state index contributed by atoms with van der Waals surface area (Å²) in [5, 5.41) is 9.28. The molecule has 3 aromatic carbocycles. The van der Waals surface area contributed by atoms with Crippen LogP contribution in [0.4, 0.5) is 5.69 Å². The first-order chi connectivity index (χ1) is 10.8. The molecule has 0 aliphatic rings. The van der Waals surface area contributed by atoms with Gasteiger partial charge >= 0.3 is 0 Å². The van der Waals surface area contributed by atoms with Gasteiger partial charge in [0.05, 0.1) is 0 Å². The third-order valence-electron chi connectivity index (χ3n) is 2.88. The van der Waals surface area contributed by atoms with Gasteiger partial charge in [-0.15, -0.1) is 5.43 Å². The van der Waals surface area contributed by atoms with E-state index in [1.807, 2.05) is 17.6 Å². The Morgan fingerprint density at radius 3 is 1.36 bits per heavy atom. The van der Waals surface area contributed by atoms with Crippen molar-refractivity contribution in [2.75, 3.05) is 5.43 Å². The molecule has 4 nitrogen and oxygen atoms in total. The van der Waals surface area contributed by atoms with Gasteiger partial charge in [0, 0.05) is 0 Å². The van der Waals surface area contributed by atoms with Crippen LogP contribution < -0.4 is 5.43 Å². The Morgan fingerprint density at radius 2 is 1.00 bits per heavy atom. The van der Waals surface area contributed by atoms with Gasteiger partial charge in [-0.25, -0.2) is 10.1 Å². The van der Waals surface area contributed by atoms with E-state index in [1.54, 1.807) is 30.3 Å². The second kappa shape index (κ2) is 8.21. The zero-order valence-corrected chi connectivity index (χ0v) is 11.9. The van der Waals surface area contributed by atoms with Gasteiger partial charge in [0.2, 0.25) is 0 Å². The summed E-state index contributed by atoms with van der Waals surface area (Å²) in [5.74, 6) is 0. The monoisotopic (exact) mass is 292 g/mol. The molecule has 0 fully saturated rings. The van der Waals surface area contributed by atoms with Crippen LogP contribution in [0.1, 0.15) is 0 Å². The van der Waals surface area contributed by atoms with Crippen molar-refractivity contribution in [2.45, 2.75) is 0 Å². The van der Waals surface area contributed by atoms with Gasteiger partial charge in [0.25, 0.3) is 0 Å². The number of nitrogens with zero attached hydrogens (tertiary/aromatic N) is 1. The number of hydrazine groups is 1. The third kappa shape index (κ3) is 5.09. The molecule has 1 N–H and O–H groups in total. The van der Waals surface area contributed by atoms with Crippen molar-refractivity contribution in [1.82, 2.24) is 0 Å². The summed E-state index contributed by atoms with van der Waals surface area (Å²) in [7, 11) is 0. The van der Waals surface area contributed by atoms with Crippen molar-refractivity contribution in [1.29, 1.82) is 0 Å². The molecule has 4 heteroatoms. The molecular weight excluding hydrogens is 276 g/mol. The second-order valence-corrected chi connectivity index (χ2v) is 4.47. The standard InChI is InChI=1S/C12H10.C6H6N2O2/c1-3-7-11(8-4-1)12-9-5-2-6-10-12;9-8(10)7-6-4-2-1-3-5-6/h1-10H;1-5,7H. The van der Waals surface area contributed by atoms with Gasteiger partial charge in [0.15, 0.2) is 5.03 Å². The van der Waals surface area contributed by atoms with Crippen molar-refractivity contribution >= 4 is 5.69 Å². The molecule has 3 aromatic rings. The van der Waals surface area contributed by atoms with Crippen molar-refractivity contribution in [2.24, 2.45) is 0 Å². The molecule has 3 rings (SSSR count). The highest BCUT2D eigenvalue weighted by molar-refractivity contribution is 5.62. The molecule has 0 heterocycles. The Labute approximate surface area is 129 Å². The molecule has 0 saturated heterocycles. The third-order valence-corrected chi connectivity index (χ3v) is 2.88. The maximum atomic E-state index is 9.86. The van der Waals surface area contributed by atoms with Crippen LogP contribution in [0.15, 0.2) is 91.0 Å². The highest BCUT2D eigenvalue weighted by atomic mass is 16.7. The Hall–Kier alpha value is -3.14. The van der Waals surface area contributed by atoms with E-state index in [1.165, 1.54) is 11.1 Å². The van der Waals surface area contributed by atoms with Gasteiger partial charge < -0.3 is 0 Å². The van der Waals surface area contributed by atoms with Crippen molar-refractivity contribution in [3.63, 3.8) is 0 Å². The van der Waals surface area contributed by atoms with E-state index in [-0.39, 0.29) is 0 Å². The van der Waals surface area contributed by atoms with E-state index in [9.17, 15) is 10.1 Å². The van der Waals surface area contributed by atoms with Crippen LogP contribution in [0.5, 0.6) is 0 Å². The van der Waals surface area contributed by atoms with Gasteiger partial charge in [-0.05, 0) is 23.3 Å². The lowest BCUT2D eigenvalue weighted by molar-refractivity contribution is -0.445. The highest BCUT2D eigenvalue weighted by Gasteiger charge is 1.94. The van der Waals surface area contributed by atoms with Crippen LogP contribution in [-0.4, -0.2) is 5.03 Å². The second-order valence-electron chi connectivity index (χ2n) is 4.47. The highest BCUT2D eigenvalue weighted by Crippen LogP contribution is 2.17. The number of hydrogen-bond donors (Lipinski definition) is 1. The van der Waals surface area contributed by atoms with Gasteiger partial charge in [-0.2, -0.15) is 0 Å². The molecule has 0 bridgehead atoms. The smallest absolute Gasteiger partial charge is 0.162 e. The van der Waals surface area contributed by atoms with Gasteiger partial charge in [-0.3, -0.25) is 0 Å². The Balaban J connectivity index is 0.000000164. The van der Waals surface area contributed by atoms with Crippen LogP contribution in [0.25, 0.3) is 11.1 Å². The molecule has 0 radical (unpaired) electrons. The summed E-state index contributed by atoms with van der Waals surface area (Å²) >= 11 is 0. The SMILES string of the molecule is O=[N+]([O-])Nc1ccccc1.c1ccc(-c2ccccc2)cc1. The number of benzene rings is 3. The topological polar surface area (TPSA) is 55.2 Å². The Bertz CT molecular complexity index is 649. The average Bonchev–Trinajstić information content (AvgIpc) is 2.57. The average molecular weight is 292 g/mol. The molecule has 0 unspecified atom stereocenters. The van der Waals surface area contributed by atoms with E-state index >= 15 is 0 Å². The van der Waals surface area contributed by atoms with Crippen LogP contribution in [0.2, 0.25) is 0 Å². The molecule has 0 aliphatic heterocycles. The molecule has 0 spiro atoms. The first-order valence-corrected chi connectivity index (χ1v) is 6.82. The lowest BCUT2D eigenvalue weighted by Gasteiger charge is -1.98. The van der Waals surface area contributed by atoms with Crippen molar-refractivity contribution in [3.8, 4) is 11.1 Å². The summed E-state index contributed by atoms with van der Waals surface area (Å²) < 4.78 is 0. The normalized spacial score (nSPS) is 9.27. The zero-order valence-electron chi connectivity index (χ0n) is 11.9. The minimum absolute atomic E-state index is 0.493. The van der Waals surface area contributed by atoms with E-state index in [2.05, 4.69) is 48.5 Å². The number of para-hydroxylation sites is 1. The summed E-state index contributed by atoms with van der Waals surface area (Å²) in [6.45, 7) is 0. The summed E-state index contributed by atoms with van der Waals surface area (Å²) in [4.78, 5) is 9.86. The zero-order chi connectivity index (χ0) is 15.6. The van der Waals surface area contributed by atoms with Crippen LogP contribution in [0.3, 0.4) is 0 Å². The lowest BCUT2D eigenvalue weighted by Crippen LogP contribution is -2.06. The van der Waals surface area contributed by atoms with Crippen LogP contribution >= 0.6 is 0 Å². The fraction of sp³-hybridized carbons (Fsp3) is 0. The maximum Gasteiger partial charge on any atom is 0.162 e. The molecular formula is C18H16N2O2. The van der Waals surface area contributed by atoms with Crippen molar-refractivity contribution < 1.29 is 5.03 Å². The summed E-state index contributed by atoms with van der Waals surface area (Å²) in [5.41, 5.74) is 5.07. The van der Waals surface area contributed by atoms with Crippen LogP contribution in [-0.2, 0) is 0 Å². The first kappa shape index (κ1) is 15.3. The first-order valence-electron chi connectivity index (χ1n) is 6.82.